The number of carbonyl (C=O) groups is 2. The number of nitrogens with one attached hydrogen (secondary N) is 1. The Balaban J connectivity index is 2.04. The van der Waals surface area contributed by atoms with Gasteiger partial charge in [0.1, 0.15) is 12.6 Å². The molecule has 3 aromatic rings. The molecule has 9 heteroatoms. The number of rotatable bonds is 9. The summed E-state index contributed by atoms with van der Waals surface area (Å²) in [5, 5.41) is 2.97. The summed E-state index contributed by atoms with van der Waals surface area (Å²) >= 11 is 5.97. The number of amides is 2. The van der Waals surface area contributed by atoms with Crippen LogP contribution in [0.1, 0.15) is 23.6 Å². The molecule has 0 aliphatic heterocycles. The van der Waals surface area contributed by atoms with Crippen LogP contribution in [0.15, 0.2) is 77.7 Å². The van der Waals surface area contributed by atoms with Crippen molar-refractivity contribution in [3.05, 3.63) is 94.5 Å². The molecule has 0 bridgehead atoms. The van der Waals surface area contributed by atoms with Crippen LogP contribution < -0.4 is 9.62 Å². The van der Waals surface area contributed by atoms with E-state index in [0.29, 0.717) is 16.3 Å². The Hall–Kier alpha value is -3.36. The number of hydrogen-bond donors (Lipinski definition) is 1. The Kier molecular flexibility index (Phi) is 8.76. The number of carbonyl (C=O) groups excluding carboxylic acids is 2. The van der Waals surface area contributed by atoms with E-state index in [-0.39, 0.29) is 17.3 Å². The lowest BCUT2D eigenvalue weighted by atomic mass is 10.1. The van der Waals surface area contributed by atoms with Crippen molar-refractivity contribution >= 4 is 39.1 Å². The number of sulfonamides is 1. The van der Waals surface area contributed by atoms with Crippen LogP contribution in [0.3, 0.4) is 0 Å². The smallest absolute Gasteiger partial charge is 0.264 e. The molecule has 3 aromatic carbocycles. The Morgan fingerprint density at radius 2 is 1.56 bits per heavy atom. The van der Waals surface area contributed by atoms with E-state index < -0.39 is 28.5 Å². The van der Waals surface area contributed by atoms with E-state index in [0.717, 1.165) is 15.4 Å². The predicted octanol–water partition coefficient (Wildman–Crippen LogP) is 4.32. The van der Waals surface area contributed by atoms with E-state index in [1.54, 1.807) is 38.1 Å². The van der Waals surface area contributed by atoms with E-state index in [1.165, 1.54) is 36.2 Å². The van der Waals surface area contributed by atoms with Crippen molar-refractivity contribution in [3.8, 4) is 0 Å². The summed E-state index contributed by atoms with van der Waals surface area (Å²) in [5.74, 6) is -0.856. The highest BCUT2D eigenvalue weighted by Crippen LogP contribution is 2.28. The van der Waals surface area contributed by atoms with Crippen molar-refractivity contribution in [2.75, 3.05) is 17.9 Å². The highest BCUT2D eigenvalue weighted by atomic mass is 35.5. The molecule has 1 N–H and O–H groups in total. The van der Waals surface area contributed by atoms with Crippen LogP contribution in [0.4, 0.5) is 5.69 Å². The molecule has 0 aliphatic rings. The van der Waals surface area contributed by atoms with Crippen LogP contribution in [0.2, 0.25) is 5.02 Å². The monoisotopic (exact) mass is 527 g/mol. The van der Waals surface area contributed by atoms with Crippen molar-refractivity contribution in [1.29, 1.82) is 0 Å². The molecular formula is C27H30ClN3O4S. The molecule has 1 atom stereocenters. The third-order valence-corrected chi connectivity index (χ3v) is 7.98. The van der Waals surface area contributed by atoms with Gasteiger partial charge in [-0.25, -0.2) is 8.42 Å². The Bertz CT molecular complexity index is 1330. The van der Waals surface area contributed by atoms with Gasteiger partial charge >= 0.3 is 0 Å². The zero-order valence-corrected chi connectivity index (χ0v) is 22.3. The van der Waals surface area contributed by atoms with Crippen molar-refractivity contribution in [1.82, 2.24) is 10.2 Å². The van der Waals surface area contributed by atoms with Gasteiger partial charge in [0.2, 0.25) is 11.8 Å². The number of nitrogens with zero attached hydrogens (tertiary/aromatic N) is 2. The van der Waals surface area contributed by atoms with Crippen LogP contribution >= 0.6 is 11.6 Å². The molecule has 0 saturated carbocycles. The van der Waals surface area contributed by atoms with Gasteiger partial charge in [0.25, 0.3) is 10.0 Å². The van der Waals surface area contributed by atoms with Gasteiger partial charge in [0.15, 0.2) is 0 Å². The molecule has 3 rings (SSSR count). The van der Waals surface area contributed by atoms with E-state index in [2.05, 4.69) is 5.32 Å². The fourth-order valence-electron chi connectivity index (χ4n) is 3.77. The quantitative estimate of drug-likeness (QED) is 0.449. The Labute approximate surface area is 217 Å². The summed E-state index contributed by atoms with van der Waals surface area (Å²) in [6.07, 6.45) is 0. The Morgan fingerprint density at radius 3 is 2.14 bits per heavy atom. The normalized spacial score (nSPS) is 12.0. The van der Waals surface area contributed by atoms with Crippen LogP contribution in [0.5, 0.6) is 0 Å². The number of anilines is 1. The molecule has 0 saturated heterocycles. The molecule has 0 heterocycles. The lowest BCUT2D eigenvalue weighted by Gasteiger charge is -2.32. The van der Waals surface area contributed by atoms with Crippen molar-refractivity contribution < 1.29 is 18.0 Å². The SMILES string of the molecule is CNC(=O)[C@@H](C)N(Cc1ccc(C)cc1)C(=O)CN(c1ccccc1C)S(=O)(=O)c1ccc(Cl)cc1. The second kappa shape index (κ2) is 11.6. The van der Waals surface area contributed by atoms with Crippen LogP contribution in [0, 0.1) is 13.8 Å². The molecule has 0 aromatic heterocycles. The number of likely N-dealkylation sites (N-methyl/N-ethyl adjacent to an activating group) is 1. The first-order chi connectivity index (χ1) is 17.0. The van der Waals surface area contributed by atoms with Gasteiger partial charge in [-0.05, 0) is 62.2 Å². The van der Waals surface area contributed by atoms with Crippen LogP contribution in [0.25, 0.3) is 0 Å². The standard InChI is InChI=1S/C27H30ClN3O4S/c1-19-9-11-22(12-10-19)17-30(21(3)27(33)29-4)26(32)18-31(25-8-6-5-7-20(25)2)36(34,35)24-15-13-23(28)14-16-24/h5-16,21H,17-18H2,1-4H3,(H,29,33)/t21-/m1/s1. The topological polar surface area (TPSA) is 86.8 Å². The highest BCUT2D eigenvalue weighted by molar-refractivity contribution is 7.92. The van der Waals surface area contributed by atoms with E-state index in [4.69, 9.17) is 11.6 Å². The highest BCUT2D eigenvalue weighted by Gasteiger charge is 2.32. The maximum Gasteiger partial charge on any atom is 0.264 e. The minimum absolute atomic E-state index is 0.00684. The summed E-state index contributed by atoms with van der Waals surface area (Å²) < 4.78 is 28.6. The first-order valence-corrected chi connectivity index (χ1v) is 13.3. The maximum atomic E-state index is 13.7. The molecule has 0 unspecified atom stereocenters. The molecule has 36 heavy (non-hydrogen) atoms. The van der Waals surface area contributed by atoms with Gasteiger partial charge in [-0.1, -0.05) is 59.6 Å². The predicted molar refractivity (Wildman–Crippen MR) is 142 cm³/mol. The zero-order chi connectivity index (χ0) is 26.5. The van der Waals surface area contributed by atoms with Crippen LogP contribution in [-0.2, 0) is 26.2 Å². The third kappa shape index (κ3) is 6.25. The number of para-hydroxylation sites is 1. The molecule has 0 spiro atoms. The van der Waals surface area contributed by atoms with Gasteiger partial charge < -0.3 is 10.2 Å². The number of aryl methyl sites for hydroxylation is 2. The van der Waals surface area contributed by atoms with E-state index in [9.17, 15) is 18.0 Å². The van der Waals surface area contributed by atoms with Gasteiger partial charge in [-0.2, -0.15) is 0 Å². The number of benzene rings is 3. The van der Waals surface area contributed by atoms with Gasteiger partial charge in [-0.3, -0.25) is 13.9 Å². The second-order valence-electron chi connectivity index (χ2n) is 8.55. The first-order valence-electron chi connectivity index (χ1n) is 11.4. The van der Waals surface area contributed by atoms with E-state index in [1.807, 2.05) is 31.2 Å². The van der Waals surface area contributed by atoms with Crippen LogP contribution in [-0.4, -0.2) is 44.8 Å². The number of halogens is 1. The van der Waals surface area contributed by atoms with Gasteiger partial charge in [0.05, 0.1) is 10.6 Å². The molecule has 190 valence electrons. The van der Waals surface area contributed by atoms with E-state index >= 15 is 0 Å². The largest absolute Gasteiger partial charge is 0.357 e. The maximum absolute atomic E-state index is 13.7. The second-order valence-corrected chi connectivity index (χ2v) is 10.8. The average Bonchev–Trinajstić information content (AvgIpc) is 2.86. The minimum Gasteiger partial charge on any atom is -0.357 e. The minimum atomic E-state index is -4.13. The fraction of sp³-hybridized carbons (Fsp3) is 0.259. The molecular weight excluding hydrogens is 498 g/mol. The van der Waals surface area contributed by atoms with Gasteiger partial charge in [-0.15, -0.1) is 0 Å². The molecule has 0 radical (unpaired) electrons. The molecule has 7 nitrogen and oxygen atoms in total. The summed E-state index contributed by atoms with van der Waals surface area (Å²) in [6.45, 7) is 5.03. The molecule has 2 amide bonds. The fourth-order valence-corrected chi connectivity index (χ4v) is 5.38. The summed E-state index contributed by atoms with van der Waals surface area (Å²) in [4.78, 5) is 27.6. The molecule has 0 fully saturated rings. The average molecular weight is 528 g/mol. The first kappa shape index (κ1) is 27.2. The Morgan fingerprint density at radius 1 is 0.944 bits per heavy atom. The molecule has 0 aliphatic carbocycles. The lowest BCUT2D eigenvalue weighted by molar-refractivity contribution is -0.139. The lowest BCUT2D eigenvalue weighted by Crippen LogP contribution is -2.50. The van der Waals surface area contributed by atoms with Crippen molar-refractivity contribution in [2.45, 2.75) is 38.3 Å². The van der Waals surface area contributed by atoms with Crippen molar-refractivity contribution in [2.24, 2.45) is 0 Å². The summed E-state index contributed by atoms with van der Waals surface area (Å²) in [6, 6.07) is 19.5. The zero-order valence-electron chi connectivity index (χ0n) is 20.7. The summed E-state index contributed by atoms with van der Waals surface area (Å²) in [7, 11) is -2.63. The van der Waals surface area contributed by atoms with Crippen molar-refractivity contribution in [3.63, 3.8) is 0 Å². The summed E-state index contributed by atoms with van der Waals surface area (Å²) in [5.41, 5.74) is 2.96. The third-order valence-electron chi connectivity index (χ3n) is 5.95. The number of hydrogen-bond acceptors (Lipinski definition) is 4. The van der Waals surface area contributed by atoms with Gasteiger partial charge in [0, 0.05) is 18.6 Å².